The average molecular weight is 239 g/mol. The van der Waals surface area contributed by atoms with Crippen LogP contribution in [0.3, 0.4) is 0 Å². The number of hydrogen-bond acceptors (Lipinski definition) is 4. The zero-order valence-corrected chi connectivity index (χ0v) is 9.91. The molecule has 5 nitrogen and oxygen atoms in total. The average Bonchev–Trinajstić information content (AvgIpc) is 2.83. The van der Waals surface area contributed by atoms with Gasteiger partial charge >= 0.3 is 0 Å². The second-order valence-electron chi connectivity index (χ2n) is 5.74. The van der Waals surface area contributed by atoms with Gasteiger partial charge in [0.25, 0.3) is 0 Å². The molecule has 2 saturated carbocycles. The molecule has 6 atom stereocenters. The topological polar surface area (TPSA) is 77.8 Å². The van der Waals surface area contributed by atoms with Crippen molar-refractivity contribution in [3.63, 3.8) is 0 Å². The Morgan fingerprint density at radius 3 is 1.82 bits per heavy atom. The lowest BCUT2D eigenvalue weighted by Crippen LogP contribution is -2.43. The molecule has 2 N–H and O–H groups in total. The van der Waals surface area contributed by atoms with Crippen molar-refractivity contribution in [2.75, 3.05) is 0 Å². The van der Waals surface area contributed by atoms with E-state index in [-0.39, 0.29) is 29.7 Å². The van der Waals surface area contributed by atoms with Crippen LogP contribution in [0.1, 0.15) is 20.3 Å². The Kier molecular flexibility index (Phi) is 2.16. The molecule has 2 aliphatic carbocycles. The van der Waals surface area contributed by atoms with Crippen LogP contribution in [0, 0.1) is 23.7 Å². The van der Waals surface area contributed by atoms with E-state index in [2.05, 4.69) is 0 Å². The van der Waals surface area contributed by atoms with Crippen molar-refractivity contribution in [1.82, 2.24) is 4.90 Å². The molecule has 3 rings (SSSR count). The predicted octanol–water partition coefficient (Wildman–Crippen LogP) is -0.633. The minimum Gasteiger partial charge on any atom is -0.390 e. The molecule has 0 spiro atoms. The van der Waals surface area contributed by atoms with Crippen LogP contribution in [0.5, 0.6) is 0 Å². The zero-order chi connectivity index (χ0) is 12.5. The largest absolute Gasteiger partial charge is 0.390 e. The van der Waals surface area contributed by atoms with E-state index in [1.165, 1.54) is 4.90 Å². The van der Waals surface area contributed by atoms with E-state index in [0.29, 0.717) is 6.42 Å². The molecule has 1 heterocycles. The van der Waals surface area contributed by atoms with Crippen LogP contribution in [0.2, 0.25) is 0 Å². The number of carbonyl (C=O) groups excluding carboxylic acids is 2. The molecule has 3 aliphatic rings. The molecule has 17 heavy (non-hydrogen) atoms. The highest BCUT2D eigenvalue weighted by Gasteiger charge is 2.67. The first kappa shape index (κ1) is 11.2. The number of nitrogens with zero attached hydrogens (tertiary/aromatic N) is 1. The number of fused-ring (bicyclic) bond motifs is 5. The standard InChI is InChI=1S/C12H17NO4/c1-4(2)13-11(16)7-5-3-6(8(7)12(13)17)10(15)9(5)14/h4-10,14-15H,3H2,1-2H3/t5-,6+,7-,8+,9-,10-/m0/s1. The molecule has 0 aromatic heterocycles. The summed E-state index contributed by atoms with van der Waals surface area (Å²) in [5.74, 6) is -1.58. The van der Waals surface area contributed by atoms with Gasteiger partial charge in [0.2, 0.25) is 11.8 Å². The maximum Gasteiger partial charge on any atom is 0.233 e. The number of likely N-dealkylation sites (tertiary alicyclic amines) is 1. The first-order chi connectivity index (χ1) is 7.95. The van der Waals surface area contributed by atoms with Gasteiger partial charge in [-0.1, -0.05) is 0 Å². The van der Waals surface area contributed by atoms with Gasteiger partial charge in [-0.05, 0) is 20.3 Å². The summed E-state index contributed by atoms with van der Waals surface area (Å²) in [5, 5.41) is 19.7. The van der Waals surface area contributed by atoms with E-state index in [9.17, 15) is 19.8 Å². The number of amides is 2. The Balaban J connectivity index is 1.98. The van der Waals surface area contributed by atoms with Gasteiger partial charge in [0, 0.05) is 17.9 Å². The Morgan fingerprint density at radius 2 is 1.47 bits per heavy atom. The third kappa shape index (κ3) is 1.16. The molecule has 1 aliphatic heterocycles. The molecule has 2 amide bonds. The van der Waals surface area contributed by atoms with Crippen LogP contribution in [0.15, 0.2) is 0 Å². The van der Waals surface area contributed by atoms with Crippen molar-refractivity contribution in [2.24, 2.45) is 23.7 Å². The first-order valence-electron chi connectivity index (χ1n) is 6.18. The van der Waals surface area contributed by atoms with Gasteiger partial charge in [-0.15, -0.1) is 0 Å². The van der Waals surface area contributed by atoms with Gasteiger partial charge in [0.05, 0.1) is 24.0 Å². The van der Waals surface area contributed by atoms with Crippen LogP contribution < -0.4 is 0 Å². The number of imide groups is 1. The van der Waals surface area contributed by atoms with Crippen molar-refractivity contribution in [1.29, 1.82) is 0 Å². The van der Waals surface area contributed by atoms with Crippen molar-refractivity contribution in [3.05, 3.63) is 0 Å². The predicted molar refractivity (Wildman–Crippen MR) is 57.6 cm³/mol. The van der Waals surface area contributed by atoms with E-state index in [4.69, 9.17) is 0 Å². The lowest BCUT2D eigenvalue weighted by atomic mass is 9.78. The van der Waals surface area contributed by atoms with Crippen molar-refractivity contribution >= 4 is 11.8 Å². The lowest BCUT2D eigenvalue weighted by molar-refractivity contribution is -0.142. The highest BCUT2D eigenvalue weighted by molar-refractivity contribution is 6.06. The van der Waals surface area contributed by atoms with Gasteiger partial charge in [-0.2, -0.15) is 0 Å². The lowest BCUT2D eigenvalue weighted by Gasteiger charge is -2.29. The molecule has 3 fully saturated rings. The molecule has 94 valence electrons. The van der Waals surface area contributed by atoms with E-state index in [1.807, 2.05) is 13.8 Å². The van der Waals surface area contributed by atoms with Crippen LogP contribution in [0.4, 0.5) is 0 Å². The fraction of sp³-hybridized carbons (Fsp3) is 0.833. The Hall–Kier alpha value is -0.940. The molecular weight excluding hydrogens is 222 g/mol. The summed E-state index contributed by atoms with van der Waals surface area (Å²) in [7, 11) is 0. The Morgan fingerprint density at radius 1 is 1.06 bits per heavy atom. The first-order valence-corrected chi connectivity index (χ1v) is 6.18. The van der Waals surface area contributed by atoms with Crippen molar-refractivity contribution < 1.29 is 19.8 Å². The maximum atomic E-state index is 12.2. The Labute approximate surface area is 99.4 Å². The van der Waals surface area contributed by atoms with Gasteiger partial charge in [0.15, 0.2) is 0 Å². The molecule has 0 radical (unpaired) electrons. The number of carbonyl (C=O) groups is 2. The molecule has 1 saturated heterocycles. The Bertz CT molecular complexity index is 362. The minimum atomic E-state index is -0.842. The van der Waals surface area contributed by atoms with Crippen molar-refractivity contribution in [2.45, 2.75) is 38.5 Å². The number of rotatable bonds is 1. The van der Waals surface area contributed by atoms with Crippen LogP contribution in [-0.2, 0) is 9.59 Å². The van der Waals surface area contributed by atoms with Crippen LogP contribution in [-0.4, -0.2) is 45.2 Å². The zero-order valence-electron chi connectivity index (χ0n) is 9.91. The summed E-state index contributed by atoms with van der Waals surface area (Å²) in [6, 6.07) is -0.144. The highest BCUT2D eigenvalue weighted by Crippen LogP contribution is 2.56. The third-order valence-electron chi connectivity index (χ3n) is 4.64. The van der Waals surface area contributed by atoms with Gasteiger partial charge in [-0.3, -0.25) is 14.5 Å². The molecule has 0 aromatic rings. The van der Waals surface area contributed by atoms with E-state index in [0.717, 1.165) is 0 Å². The quantitative estimate of drug-likeness (QED) is 0.597. The SMILES string of the molecule is CC(C)N1C(=O)[C@@H]2[C@H]3C[C@H]([C@H](O)[C@H]3O)[C@@H]2C1=O. The molecular formula is C12H17NO4. The second-order valence-corrected chi connectivity index (χ2v) is 5.74. The van der Waals surface area contributed by atoms with Gasteiger partial charge in [0.1, 0.15) is 0 Å². The fourth-order valence-electron chi connectivity index (χ4n) is 3.96. The maximum absolute atomic E-state index is 12.2. The van der Waals surface area contributed by atoms with E-state index >= 15 is 0 Å². The second kappa shape index (κ2) is 3.29. The van der Waals surface area contributed by atoms with E-state index < -0.39 is 24.0 Å². The fourth-order valence-corrected chi connectivity index (χ4v) is 3.96. The highest BCUT2D eigenvalue weighted by atomic mass is 16.3. The monoisotopic (exact) mass is 239 g/mol. The molecule has 0 aromatic carbocycles. The van der Waals surface area contributed by atoms with Gasteiger partial charge in [-0.25, -0.2) is 0 Å². The van der Waals surface area contributed by atoms with Crippen LogP contribution >= 0.6 is 0 Å². The number of hydrogen-bond donors (Lipinski definition) is 2. The summed E-state index contributed by atoms with van der Waals surface area (Å²) in [4.78, 5) is 25.7. The normalized spacial score (nSPS) is 48.4. The molecule has 0 unspecified atom stereocenters. The van der Waals surface area contributed by atoms with E-state index in [1.54, 1.807) is 0 Å². The number of aliphatic hydroxyl groups is 2. The smallest absolute Gasteiger partial charge is 0.233 e. The van der Waals surface area contributed by atoms with Crippen molar-refractivity contribution in [3.8, 4) is 0 Å². The summed E-state index contributed by atoms with van der Waals surface area (Å²) >= 11 is 0. The summed E-state index contributed by atoms with van der Waals surface area (Å²) in [5.41, 5.74) is 0. The summed E-state index contributed by atoms with van der Waals surface area (Å²) in [6.07, 6.45) is -1.09. The van der Waals surface area contributed by atoms with Crippen LogP contribution in [0.25, 0.3) is 0 Å². The molecule has 5 heteroatoms. The minimum absolute atomic E-state index is 0.144. The summed E-state index contributed by atoms with van der Waals surface area (Å²) < 4.78 is 0. The number of aliphatic hydroxyl groups excluding tert-OH is 2. The molecule has 2 bridgehead atoms. The summed E-state index contributed by atoms with van der Waals surface area (Å²) in [6.45, 7) is 3.62. The van der Waals surface area contributed by atoms with Gasteiger partial charge < -0.3 is 10.2 Å². The third-order valence-corrected chi connectivity index (χ3v) is 4.64.